The van der Waals surface area contributed by atoms with Gasteiger partial charge in [-0.25, -0.2) is 9.97 Å². The van der Waals surface area contributed by atoms with Gasteiger partial charge in [0.05, 0.1) is 22.8 Å². The van der Waals surface area contributed by atoms with Crippen molar-refractivity contribution in [3.05, 3.63) is 192 Å². The molecular formula is C44H42N8. The van der Waals surface area contributed by atoms with E-state index >= 15 is 0 Å². The Bertz CT molecular complexity index is 2090. The molecule has 0 atom stereocenters. The largest absolute Gasteiger partial charge is 0.355 e. The van der Waals surface area contributed by atoms with Crippen LogP contribution in [0.4, 0.5) is 0 Å². The third-order valence-electron chi connectivity index (χ3n) is 7.43. The van der Waals surface area contributed by atoms with Gasteiger partial charge in [0.15, 0.2) is 0 Å². The Kier molecular flexibility index (Phi) is 13.6. The molecule has 0 unspecified atom stereocenters. The van der Waals surface area contributed by atoms with Crippen LogP contribution in [0.5, 0.6) is 0 Å². The number of aromatic nitrogens is 8. The van der Waals surface area contributed by atoms with Gasteiger partial charge in [-0.3, -0.25) is 19.9 Å². The Labute approximate surface area is 304 Å². The van der Waals surface area contributed by atoms with Crippen LogP contribution in [-0.2, 0) is 0 Å². The number of hydrogen-bond donors (Lipinski definition) is 2. The molecule has 0 saturated heterocycles. The van der Waals surface area contributed by atoms with Gasteiger partial charge in [0.1, 0.15) is 0 Å². The molecular weight excluding hydrogens is 641 g/mol. The minimum Gasteiger partial charge on any atom is -0.355 e. The van der Waals surface area contributed by atoms with Crippen molar-refractivity contribution < 1.29 is 0 Å². The molecule has 2 N–H and O–H groups in total. The van der Waals surface area contributed by atoms with Crippen LogP contribution < -0.4 is 0 Å². The van der Waals surface area contributed by atoms with Gasteiger partial charge in [0, 0.05) is 71.6 Å². The summed E-state index contributed by atoms with van der Waals surface area (Å²) < 4.78 is 0. The topological polar surface area (TPSA) is 109 Å². The highest BCUT2D eigenvalue weighted by Gasteiger charge is 2.02. The lowest BCUT2D eigenvalue weighted by Crippen LogP contribution is -1.77. The van der Waals surface area contributed by atoms with Crippen molar-refractivity contribution in [3.8, 4) is 0 Å². The first kappa shape index (κ1) is 36.5. The maximum absolute atomic E-state index is 4.62. The van der Waals surface area contributed by atoms with E-state index in [1.54, 1.807) is 49.6 Å². The van der Waals surface area contributed by atoms with Crippen LogP contribution in [0, 0.1) is 27.7 Å². The zero-order chi connectivity index (χ0) is 36.4. The molecule has 8 heteroatoms. The molecule has 9 rings (SSSR count). The second kappa shape index (κ2) is 19.4. The molecule has 2 aliphatic heterocycles. The highest BCUT2D eigenvalue weighted by molar-refractivity contribution is 5.77. The minimum atomic E-state index is 0.915. The average Bonchev–Trinajstić information content (AvgIpc) is 3.98. The molecule has 0 aliphatic carbocycles. The summed E-state index contributed by atoms with van der Waals surface area (Å²) in [4.78, 5) is 31.4. The molecule has 9 heterocycles. The smallest absolute Gasteiger partial charge is 0.0659 e. The average molecular weight is 683 g/mol. The number of aromatic amines is 2. The van der Waals surface area contributed by atoms with Gasteiger partial charge in [-0.1, -0.05) is 0 Å². The monoisotopic (exact) mass is 682 g/mol. The third-order valence-corrected chi connectivity index (χ3v) is 7.43. The molecule has 0 aromatic carbocycles. The maximum Gasteiger partial charge on any atom is 0.0659 e. The van der Waals surface area contributed by atoms with Crippen LogP contribution >= 0.6 is 0 Å². The number of H-pyrrole nitrogens is 2. The Morgan fingerprint density at radius 1 is 0.308 bits per heavy atom. The van der Waals surface area contributed by atoms with Crippen LogP contribution in [0.3, 0.4) is 0 Å². The van der Waals surface area contributed by atoms with Gasteiger partial charge in [0.2, 0.25) is 0 Å². The van der Waals surface area contributed by atoms with Crippen LogP contribution in [0.1, 0.15) is 45.0 Å². The summed E-state index contributed by atoms with van der Waals surface area (Å²) >= 11 is 0. The molecule has 0 spiro atoms. The van der Waals surface area contributed by atoms with Crippen LogP contribution in [0.15, 0.2) is 147 Å². The zero-order valence-corrected chi connectivity index (χ0v) is 29.8. The van der Waals surface area contributed by atoms with Gasteiger partial charge >= 0.3 is 0 Å². The molecule has 8 nitrogen and oxygen atoms in total. The fraction of sp³-hybridized carbons (Fsp3) is 0.0909. The summed E-state index contributed by atoms with van der Waals surface area (Å²) in [6, 6.07) is 32.2. The molecule has 7 aromatic rings. The van der Waals surface area contributed by atoms with Crippen molar-refractivity contribution in [2.75, 3.05) is 0 Å². The molecule has 0 amide bonds. The van der Waals surface area contributed by atoms with E-state index in [4.69, 9.17) is 0 Å². The highest BCUT2D eigenvalue weighted by Crippen LogP contribution is 2.17. The first-order valence-corrected chi connectivity index (χ1v) is 16.9. The Morgan fingerprint density at radius 2 is 0.558 bits per heavy atom. The highest BCUT2D eigenvalue weighted by atomic mass is 14.8. The van der Waals surface area contributed by atoms with Crippen LogP contribution in [0.2, 0.25) is 0 Å². The Morgan fingerprint density at radius 3 is 0.808 bits per heavy atom. The van der Waals surface area contributed by atoms with Gasteiger partial charge in [-0.05, 0) is 171 Å². The fourth-order valence-electron chi connectivity index (χ4n) is 4.65. The molecule has 0 fully saturated rings. The van der Waals surface area contributed by atoms with E-state index in [0.717, 1.165) is 44.8 Å². The van der Waals surface area contributed by atoms with E-state index in [1.165, 1.54) is 22.3 Å². The summed E-state index contributed by atoms with van der Waals surface area (Å²) in [6.07, 6.45) is 22.3. The predicted octanol–water partition coefficient (Wildman–Crippen LogP) is 10.2. The second-order valence-corrected chi connectivity index (χ2v) is 12.0. The Hall–Kier alpha value is -6.80. The Balaban J connectivity index is 0.000000151. The van der Waals surface area contributed by atoms with Crippen molar-refractivity contribution in [2.24, 2.45) is 0 Å². The molecule has 258 valence electrons. The molecule has 8 bridgehead atoms. The van der Waals surface area contributed by atoms with Crippen LogP contribution in [-0.4, -0.2) is 39.9 Å². The number of nitrogens with zero attached hydrogens (tertiary/aromatic N) is 6. The fourth-order valence-corrected chi connectivity index (χ4v) is 4.65. The molecule has 7 aromatic heterocycles. The first-order chi connectivity index (χ1) is 25.4. The number of hydrogen-bond acceptors (Lipinski definition) is 6. The number of fused-ring (bicyclic) bond motifs is 8. The van der Waals surface area contributed by atoms with Gasteiger partial charge < -0.3 is 9.97 Å². The van der Waals surface area contributed by atoms with E-state index < -0.39 is 0 Å². The van der Waals surface area contributed by atoms with E-state index in [0.29, 0.717) is 0 Å². The molecule has 0 radical (unpaired) electrons. The number of pyridine rings is 4. The quantitative estimate of drug-likeness (QED) is 0.165. The third kappa shape index (κ3) is 12.9. The van der Waals surface area contributed by atoms with Crippen molar-refractivity contribution in [2.45, 2.75) is 27.7 Å². The summed E-state index contributed by atoms with van der Waals surface area (Å²) in [5.74, 6) is 0. The predicted molar refractivity (Wildman–Crippen MR) is 215 cm³/mol. The van der Waals surface area contributed by atoms with Crippen molar-refractivity contribution >= 4 is 46.4 Å². The van der Waals surface area contributed by atoms with E-state index in [9.17, 15) is 0 Å². The van der Waals surface area contributed by atoms with E-state index in [2.05, 4.69) is 70.2 Å². The number of rotatable bonds is 0. The standard InChI is InChI=1S/C20H14N4.4C6H7N/c1-2-14-10-16-5-6-18(23-16)12-20-8-7-19(24-20)11-17-4-3-15(22-17)9-13(1)21-14;4*1-6-2-4-7-5-3-6/h1-12,21-22H;4*2-5H,1H3. The normalized spacial score (nSPS) is 10.5. The van der Waals surface area contributed by atoms with Crippen molar-refractivity contribution in [1.82, 2.24) is 39.9 Å². The molecule has 2 aliphatic rings. The number of aryl methyl sites for hydroxylation is 4. The van der Waals surface area contributed by atoms with Crippen molar-refractivity contribution in [3.63, 3.8) is 0 Å². The minimum absolute atomic E-state index is 0.915. The molecule has 52 heavy (non-hydrogen) atoms. The number of nitrogens with one attached hydrogen (secondary N) is 2. The van der Waals surface area contributed by atoms with Crippen molar-refractivity contribution in [1.29, 1.82) is 0 Å². The van der Waals surface area contributed by atoms with Gasteiger partial charge in [-0.2, -0.15) is 0 Å². The summed E-state index contributed by atoms with van der Waals surface area (Å²) in [6.45, 7) is 8.17. The van der Waals surface area contributed by atoms with Crippen LogP contribution in [0.25, 0.3) is 46.4 Å². The SMILES string of the molecule is C1=Cc2cc3ccc(cc4ccc(cc5nc(cc1n2)C=C5)[nH]4)[nH]3.Cc1ccncc1.Cc1ccncc1.Cc1ccncc1.Cc1ccncc1. The maximum atomic E-state index is 4.62. The van der Waals surface area contributed by atoms with Gasteiger partial charge in [-0.15, -0.1) is 0 Å². The zero-order valence-electron chi connectivity index (χ0n) is 29.8. The first-order valence-electron chi connectivity index (χ1n) is 16.9. The van der Waals surface area contributed by atoms with E-state index in [1.807, 2.05) is 119 Å². The lowest BCUT2D eigenvalue weighted by Gasteiger charge is -1.86. The second-order valence-electron chi connectivity index (χ2n) is 12.0. The molecule has 0 saturated carbocycles. The lowest BCUT2D eigenvalue weighted by molar-refractivity contribution is 1.28. The lowest BCUT2D eigenvalue weighted by atomic mass is 10.3. The van der Waals surface area contributed by atoms with E-state index in [-0.39, 0.29) is 0 Å². The van der Waals surface area contributed by atoms with Gasteiger partial charge in [0.25, 0.3) is 0 Å². The summed E-state index contributed by atoms with van der Waals surface area (Å²) in [5.41, 5.74) is 12.9. The summed E-state index contributed by atoms with van der Waals surface area (Å²) in [5, 5.41) is 0. The summed E-state index contributed by atoms with van der Waals surface area (Å²) in [7, 11) is 0.